The van der Waals surface area contributed by atoms with Crippen LogP contribution in [0.2, 0.25) is 0 Å². The highest BCUT2D eigenvalue weighted by molar-refractivity contribution is 5.14. The van der Waals surface area contributed by atoms with Crippen LogP contribution in [0.15, 0.2) is 30.3 Å². The normalized spacial score (nSPS) is 23.7. The summed E-state index contributed by atoms with van der Waals surface area (Å²) < 4.78 is 0. The Bertz CT molecular complexity index is 363. The minimum absolute atomic E-state index is 0.257. The summed E-state index contributed by atoms with van der Waals surface area (Å²) >= 11 is 0. The molecule has 1 fully saturated rings. The lowest BCUT2D eigenvalue weighted by atomic mass is 9.89. The van der Waals surface area contributed by atoms with Gasteiger partial charge in [0.15, 0.2) is 0 Å². The van der Waals surface area contributed by atoms with Crippen molar-refractivity contribution >= 4 is 0 Å². The molecule has 2 rings (SSSR count). The summed E-state index contributed by atoms with van der Waals surface area (Å²) in [5, 5.41) is 3.69. The van der Waals surface area contributed by atoms with Crippen LogP contribution in [0.3, 0.4) is 0 Å². The molecule has 1 nitrogen and oxygen atoms in total. The molecule has 1 aromatic carbocycles. The highest BCUT2D eigenvalue weighted by Crippen LogP contribution is 2.34. The molecule has 0 spiro atoms. The SMILES string of the molecule is CC(C)(C)NCC1CCCC1CCc1ccccc1. The Morgan fingerprint density at radius 3 is 2.42 bits per heavy atom. The second-order valence-electron chi connectivity index (χ2n) is 7.11. The van der Waals surface area contributed by atoms with Gasteiger partial charge in [0, 0.05) is 5.54 Å². The zero-order valence-electron chi connectivity index (χ0n) is 12.8. The molecule has 19 heavy (non-hydrogen) atoms. The van der Waals surface area contributed by atoms with Gasteiger partial charge >= 0.3 is 0 Å². The molecule has 2 atom stereocenters. The highest BCUT2D eigenvalue weighted by atomic mass is 14.9. The predicted octanol–water partition coefficient (Wildman–Crippen LogP) is 4.42. The van der Waals surface area contributed by atoms with E-state index in [4.69, 9.17) is 0 Å². The lowest BCUT2D eigenvalue weighted by Gasteiger charge is -2.26. The lowest BCUT2D eigenvalue weighted by Crippen LogP contribution is -2.39. The van der Waals surface area contributed by atoms with Gasteiger partial charge in [-0.15, -0.1) is 0 Å². The molecule has 1 aliphatic carbocycles. The first-order valence-corrected chi connectivity index (χ1v) is 7.83. The van der Waals surface area contributed by atoms with E-state index in [1.807, 2.05) is 0 Å². The number of rotatable bonds is 5. The van der Waals surface area contributed by atoms with Crippen molar-refractivity contribution in [3.8, 4) is 0 Å². The summed E-state index contributed by atoms with van der Waals surface area (Å²) in [5.41, 5.74) is 1.75. The summed E-state index contributed by atoms with van der Waals surface area (Å²) in [4.78, 5) is 0. The molecular formula is C18H29N. The van der Waals surface area contributed by atoms with E-state index in [1.165, 1.54) is 44.2 Å². The van der Waals surface area contributed by atoms with E-state index in [1.54, 1.807) is 0 Å². The van der Waals surface area contributed by atoms with E-state index in [9.17, 15) is 0 Å². The molecule has 0 bridgehead atoms. The Morgan fingerprint density at radius 2 is 1.74 bits per heavy atom. The van der Waals surface area contributed by atoms with Crippen molar-refractivity contribution < 1.29 is 0 Å². The summed E-state index contributed by atoms with van der Waals surface area (Å²) in [6.07, 6.45) is 6.89. The van der Waals surface area contributed by atoms with E-state index in [0.29, 0.717) is 0 Å². The van der Waals surface area contributed by atoms with Crippen LogP contribution in [0.1, 0.15) is 52.0 Å². The third-order valence-electron chi connectivity index (χ3n) is 4.36. The van der Waals surface area contributed by atoms with Gasteiger partial charge in [-0.3, -0.25) is 0 Å². The first kappa shape index (κ1) is 14.6. The van der Waals surface area contributed by atoms with Crippen LogP contribution in [0.25, 0.3) is 0 Å². The topological polar surface area (TPSA) is 12.0 Å². The quantitative estimate of drug-likeness (QED) is 0.825. The van der Waals surface area contributed by atoms with Crippen molar-refractivity contribution in [3.63, 3.8) is 0 Å². The fourth-order valence-corrected chi connectivity index (χ4v) is 3.20. The van der Waals surface area contributed by atoms with Crippen LogP contribution in [0.5, 0.6) is 0 Å². The Kier molecular flexibility index (Phi) is 5.04. The summed E-state index contributed by atoms with van der Waals surface area (Å²) in [5.74, 6) is 1.82. The first-order chi connectivity index (χ1) is 9.04. The van der Waals surface area contributed by atoms with Gasteiger partial charge in [-0.2, -0.15) is 0 Å². The van der Waals surface area contributed by atoms with Crippen LogP contribution in [-0.2, 0) is 6.42 Å². The van der Waals surface area contributed by atoms with Crippen LogP contribution in [-0.4, -0.2) is 12.1 Å². The lowest BCUT2D eigenvalue weighted by molar-refractivity contribution is 0.307. The molecule has 0 heterocycles. The summed E-state index contributed by atoms with van der Waals surface area (Å²) in [7, 11) is 0. The second-order valence-corrected chi connectivity index (χ2v) is 7.11. The smallest absolute Gasteiger partial charge is 0.00966 e. The predicted molar refractivity (Wildman–Crippen MR) is 83.3 cm³/mol. The van der Waals surface area contributed by atoms with Crippen molar-refractivity contribution in [2.24, 2.45) is 11.8 Å². The van der Waals surface area contributed by atoms with Crippen molar-refractivity contribution in [1.29, 1.82) is 0 Å². The van der Waals surface area contributed by atoms with Crippen molar-refractivity contribution in [3.05, 3.63) is 35.9 Å². The van der Waals surface area contributed by atoms with E-state index >= 15 is 0 Å². The molecule has 0 aliphatic heterocycles. The Morgan fingerprint density at radius 1 is 1.05 bits per heavy atom. The van der Waals surface area contributed by atoms with Crippen molar-refractivity contribution in [2.75, 3.05) is 6.54 Å². The molecule has 1 heteroatoms. The summed E-state index contributed by atoms with van der Waals surface area (Å²) in [6, 6.07) is 10.9. The maximum absolute atomic E-state index is 3.69. The highest BCUT2D eigenvalue weighted by Gasteiger charge is 2.27. The van der Waals surface area contributed by atoms with Crippen LogP contribution < -0.4 is 5.32 Å². The molecule has 1 saturated carbocycles. The summed E-state index contributed by atoms with van der Waals surface area (Å²) in [6.45, 7) is 7.99. The van der Waals surface area contributed by atoms with E-state index in [-0.39, 0.29) is 5.54 Å². The molecule has 1 aliphatic rings. The fraction of sp³-hybridized carbons (Fsp3) is 0.667. The average Bonchev–Trinajstić information content (AvgIpc) is 2.82. The van der Waals surface area contributed by atoms with Gasteiger partial charge in [0.05, 0.1) is 0 Å². The van der Waals surface area contributed by atoms with Crippen molar-refractivity contribution in [2.45, 2.75) is 58.4 Å². The Balaban J connectivity index is 1.79. The van der Waals surface area contributed by atoms with Gasteiger partial charge in [0.25, 0.3) is 0 Å². The monoisotopic (exact) mass is 259 g/mol. The molecule has 0 amide bonds. The fourth-order valence-electron chi connectivity index (χ4n) is 3.20. The number of hydrogen-bond acceptors (Lipinski definition) is 1. The van der Waals surface area contributed by atoms with Gasteiger partial charge in [-0.1, -0.05) is 43.2 Å². The van der Waals surface area contributed by atoms with E-state index in [2.05, 4.69) is 56.4 Å². The van der Waals surface area contributed by atoms with E-state index < -0.39 is 0 Å². The van der Waals surface area contributed by atoms with Crippen molar-refractivity contribution in [1.82, 2.24) is 5.32 Å². The molecule has 1 aromatic rings. The third kappa shape index (κ3) is 4.99. The largest absolute Gasteiger partial charge is 0.312 e. The molecule has 0 aromatic heterocycles. The number of benzene rings is 1. The van der Waals surface area contributed by atoms with Crippen LogP contribution >= 0.6 is 0 Å². The number of aryl methyl sites for hydroxylation is 1. The van der Waals surface area contributed by atoms with Gasteiger partial charge in [-0.05, 0) is 64.0 Å². The van der Waals surface area contributed by atoms with Gasteiger partial charge < -0.3 is 5.32 Å². The Hall–Kier alpha value is -0.820. The van der Waals surface area contributed by atoms with Gasteiger partial charge in [-0.25, -0.2) is 0 Å². The maximum Gasteiger partial charge on any atom is 0.00966 e. The molecule has 0 radical (unpaired) electrons. The minimum Gasteiger partial charge on any atom is -0.312 e. The molecule has 2 unspecified atom stereocenters. The Labute approximate surface area is 118 Å². The average molecular weight is 259 g/mol. The first-order valence-electron chi connectivity index (χ1n) is 7.83. The zero-order valence-corrected chi connectivity index (χ0v) is 12.8. The van der Waals surface area contributed by atoms with Crippen LogP contribution in [0, 0.1) is 11.8 Å². The zero-order chi connectivity index (χ0) is 13.7. The minimum atomic E-state index is 0.257. The molecule has 106 valence electrons. The molecular weight excluding hydrogens is 230 g/mol. The standard InChI is InChI=1S/C18H29N/c1-18(2,3)19-14-17-11-7-10-16(17)13-12-15-8-5-4-6-9-15/h4-6,8-9,16-17,19H,7,10-14H2,1-3H3. The van der Waals surface area contributed by atoms with Gasteiger partial charge in [0.2, 0.25) is 0 Å². The van der Waals surface area contributed by atoms with E-state index in [0.717, 1.165) is 11.8 Å². The van der Waals surface area contributed by atoms with Gasteiger partial charge in [0.1, 0.15) is 0 Å². The third-order valence-corrected chi connectivity index (χ3v) is 4.36. The second kappa shape index (κ2) is 6.56. The molecule has 0 saturated heterocycles. The maximum atomic E-state index is 3.69. The molecule has 1 N–H and O–H groups in total. The van der Waals surface area contributed by atoms with Crippen LogP contribution in [0.4, 0.5) is 0 Å². The number of nitrogens with one attached hydrogen (secondary N) is 1. The number of hydrogen-bond donors (Lipinski definition) is 1.